The van der Waals surface area contributed by atoms with Crippen molar-refractivity contribution in [2.24, 2.45) is 0 Å². The molecule has 1 N–H and O–H groups in total. The molecule has 0 radical (unpaired) electrons. The van der Waals surface area contributed by atoms with Crippen LogP contribution in [0, 0.1) is 0 Å². The lowest BCUT2D eigenvalue weighted by Crippen LogP contribution is -2.25. The normalized spacial score (nSPS) is 10.4. The minimum absolute atomic E-state index is 0.137. The fraction of sp³-hybridized carbons (Fsp3) is 0.909. The van der Waals surface area contributed by atoms with Gasteiger partial charge in [-0.2, -0.15) is 0 Å². The maximum absolute atomic E-state index is 11.3. The summed E-state index contributed by atoms with van der Waals surface area (Å²) in [6.45, 7) is 2.61. The SMILES string of the molecule is COCCOCCCNC(=O)CCCCBr. The second kappa shape index (κ2) is 12.9. The van der Waals surface area contributed by atoms with Crippen LogP contribution in [0.1, 0.15) is 25.7 Å². The number of ether oxygens (including phenoxy) is 2. The Morgan fingerprint density at radius 2 is 2.00 bits per heavy atom. The first-order chi connectivity index (χ1) is 7.81. The van der Waals surface area contributed by atoms with Gasteiger partial charge in [0.1, 0.15) is 0 Å². The number of unbranched alkanes of at least 4 members (excludes halogenated alkanes) is 1. The van der Waals surface area contributed by atoms with Crippen LogP contribution in [0.4, 0.5) is 0 Å². The predicted octanol–water partition coefficient (Wildman–Crippen LogP) is 1.72. The van der Waals surface area contributed by atoms with Gasteiger partial charge < -0.3 is 14.8 Å². The van der Waals surface area contributed by atoms with E-state index >= 15 is 0 Å². The maximum atomic E-state index is 11.3. The van der Waals surface area contributed by atoms with Crippen molar-refractivity contribution < 1.29 is 14.3 Å². The number of hydrogen-bond donors (Lipinski definition) is 1. The van der Waals surface area contributed by atoms with E-state index in [1.165, 1.54) is 0 Å². The predicted molar refractivity (Wildman–Crippen MR) is 68.0 cm³/mol. The van der Waals surface area contributed by atoms with Crippen molar-refractivity contribution in [3.63, 3.8) is 0 Å². The first kappa shape index (κ1) is 15.9. The molecule has 0 spiro atoms. The molecule has 0 aliphatic heterocycles. The van der Waals surface area contributed by atoms with Crippen molar-refractivity contribution in [2.45, 2.75) is 25.7 Å². The molecular formula is C11H22BrNO3. The van der Waals surface area contributed by atoms with Gasteiger partial charge in [-0.3, -0.25) is 4.79 Å². The number of hydrogen-bond acceptors (Lipinski definition) is 3. The van der Waals surface area contributed by atoms with Crippen molar-refractivity contribution >= 4 is 21.8 Å². The van der Waals surface area contributed by atoms with Crippen LogP contribution in [0.15, 0.2) is 0 Å². The molecule has 0 atom stereocenters. The third-order valence-corrected chi connectivity index (χ3v) is 2.57. The molecular weight excluding hydrogens is 274 g/mol. The Kier molecular flexibility index (Phi) is 12.8. The number of carbonyl (C=O) groups excluding carboxylic acids is 1. The summed E-state index contributed by atoms with van der Waals surface area (Å²) in [5, 5.41) is 3.83. The third-order valence-electron chi connectivity index (χ3n) is 2.01. The van der Waals surface area contributed by atoms with Gasteiger partial charge in [-0.1, -0.05) is 15.9 Å². The molecule has 0 heterocycles. The number of alkyl halides is 1. The Morgan fingerprint density at radius 3 is 2.69 bits per heavy atom. The van der Waals surface area contributed by atoms with Crippen LogP contribution in [0.5, 0.6) is 0 Å². The summed E-state index contributed by atoms with van der Waals surface area (Å²) in [6, 6.07) is 0. The van der Waals surface area contributed by atoms with Gasteiger partial charge >= 0.3 is 0 Å². The highest BCUT2D eigenvalue weighted by molar-refractivity contribution is 9.09. The number of nitrogens with one attached hydrogen (secondary N) is 1. The summed E-state index contributed by atoms with van der Waals surface area (Å²) in [6.07, 6.45) is 3.47. The molecule has 0 aromatic heterocycles. The molecule has 0 rings (SSSR count). The lowest BCUT2D eigenvalue weighted by Gasteiger charge is -2.05. The molecule has 0 unspecified atom stereocenters. The smallest absolute Gasteiger partial charge is 0.219 e. The highest BCUT2D eigenvalue weighted by Gasteiger charge is 1.99. The Labute approximate surface area is 106 Å². The Balaban J connectivity index is 3.09. The second-order valence-corrected chi connectivity index (χ2v) is 4.25. The number of halogens is 1. The summed E-state index contributed by atoms with van der Waals surface area (Å²) in [5.74, 6) is 0.137. The van der Waals surface area contributed by atoms with Crippen molar-refractivity contribution in [3.05, 3.63) is 0 Å². The standard InChI is InChI=1S/C11H22BrNO3/c1-15-9-10-16-8-4-7-13-11(14)5-2-3-6-12/h2-10H2,1H3,(H,13,14). The highest BCUT2D eigenvalue weighted by Crippen LogP contribution is 1.98. The van der Waals surface area contributed by atoms with Crippen LogP contribution in [0.3, 0.4) is 0 Å². The minimum Gasteiger partial charge on any atom is -0.382 e. The van der Waals surface area contributed by atoms with Gasteiger partial charge in [0.05, 0.1) is 13.2 Å². The monoisotopic (exact) mass is 295 g/mol. The number of amides is 1. The van der Waals surface area contributed by atoms with E-state index in [0.29, 0.717) is 32.8 Å². The van der Waals surface area contributed by atoms with Crippen LogP contribution in [0.2, 0.25) is 0 Å². The van der Waals surface area contributed by atoms with E-state index in [-0.39, 0.29) is 5.91 Å². The van der Waals surface area contributed by atoms with Crippen molar-refractivity contribution in [1.82, 2.24) is 5.32 Å². The number of rotatable bonds is 11. The molecule has 0 aromatic rings. The average molecular weight is 296 g/mol. The molecule has 16 heavy (non-hydrogen) atoms. The van der Waals surface area contributed by atoms with Gasteiger partial charge in [0, 0.05) is 32.0 Å². The Hall–Kier alpha value is -0.130. The van der Waals surface area contributed by atoms with Crippen molar-refractivity contribution in [1.29, 1.82) is 0 Å². The first-order valence-electron chi connectivity index (χ1n) is 5.70. The molecule has 96 valence electrons. The van der Waals surface area contributed by atoms with E-state index < -0.39 is 0 Å². The Morgan fingerprint density at radius 1 is 1.19 bits per heavy atom. The lowest BCUT2D eigenvalue weighted by molar-refractivity contribution is -0.121. The molecule has 5 heteroatoms. The van der Waals surface area contributed by atoms with E-state index in [4.69, 9.17) is 9.47 Å². The van der Waals surface area contributed by atoms with E-state index in [9.17, 15) is 4.79 Å². The van der Waals surface area contributed by atoms with E-state index in [0.717, 1.165) is 24.6 Å². The number of carbonyl (C=O) groups is 1. The van der Waals surface area contributed by atoms with Crippen molar-refractivity contribution in [2.75, 3.05) is 38.8 Å². The van der Waals surface area contributed by atoms with Crippen LogP contribution in [-0.4, -0.2) is 44.7 Å². The maximum Gasteiger partial charge on any atom is 0.219 e. The summed E-state index contributed by atoms with van der Waals surface area (Å²) in [5.41, 5.74) is 0. The molecule has 0 aliphatic rings. The van der Waals surface area contributed by atoms with E-state index in [1.54, 1.807) is 7.11 Å². The van der Waals surface area contributed by atoms with Gasteiger partial charge in [0.25, 0.3) is 0 Å². The average Bonchev–Trinajstić information content (AvgIpc) is 2.28. The molecule has 0 saturated heterocycles. The molecule has 0 fully saturated rings. The van der Waals surface area contributed by atoms with Crippen molar-refractivity contribution in [3.8, 4) is 0 Å². The van der Waals surface area contributed by atoms with Crippen LogP contribution in [-0.2, 0) is 14.3 Å². The van der Waals surface area contributed by atoms with Gasteiger partial charge in [0.15, 0.2) is 0 Å². The molecule has 0 bridgehead atoms. The zero-order valence-electron chi connectivity index (χ0n) is 9.97. The largest absolute Gasteiger partial charge is 0.382 e. The fourth-order valence-electron chi connectivity index (χ4n) is 1.11. The van der Waals surface area contributed by atoms with Crippen LogP contribution < -0.4 is 5.32 Å². The minimum atomic E-state index is 0.137. The summed E-state index contributed by atoms with van der Waals surface area (Å²) in [7, 11) is 1.65. The van der Waals surface area contributed by atoms with E-state index in [1.807, 2.05) is 0 Å². The molecule has 0 aliphatic carbocycles. The third kappa shape index (κ3) is 11.9. The fourth-order valence-corrected chi connectivity index (χ4v) is 1.51. The zero-order valence-corrected chi connectivity index (χ0v) is 11.6. The van der Waals surface area contributed by atoms with Gasteiger partial charge in [-0.25, -0.2) is 0 Å². The zero-order chi connectivity index (χ0) is 12.1. The molecule has 1 amide bonds. The number of methoxy groups -OCH3 is 1. The molecule has 0 saturated carbocycles. The Bertz CT molecular complexity index is 167. The summed E-state index contributed by atoms with van der Waals surface area (Å²) in [4.78, 5) is 11.3. The lowest BCUT2D eigenvalue weighted by atomic mass is 10.2. The summed E-state index contributed by atoms with van der Waals surface area (Å²) >= 11 is 3.33. The summed E-state index contributed by atoms with van der Waals surface area (Å²) < 4.78 is 10.1. The quantitative estimate of drug-likeness (QED) is 0.466. The topological polar surface area (TPSA) is 47.6 Å². The van der Waals surface area contributed by atoms with E-state index in [2.05, 4.69) is 21.2 Å². The van der Waals surface area contributed by atoms with Gasteiger partial charge in [-0.15, -0.1) is 0 Å². The molecule has 0 aromatic carbocycles. The highest BCUT2D eigenvalue weighted by atomic mass is 79.9. The van der Waals surface area contributed by atoms with Gasteiger partial charge in [0.2, 0.25) is 5.91 Å². The first-order valence-corrected chi connectivity index (χ1v) is 6.82. The van der Waals surface area contributed by atoms with Crippen LogP contribution >= 0.6 is 15.9 Å². The second-order valence-electron chi connectivity index (χ2n) is 3.45. The molecule has 4 nitrogen and oxygen atoms in total. The van der Waals surface area contributed by atoms with Gasteiger partial charge in [-0.05, 0) is 19.3 Å². The van der Waals surface area contributed by atoms with Crippen LogP contribution in [0.25, 0.3) is 0 Å².